The van der Waals surface area contributed by atoms with Gasteiger partial charge in [0.2, 0.25) is 0 Å². The normalized spacial score (nSPS) is 13.1. The highest BCUT2D eigenvalue weighted by molar-refractivity contribution is 6.74. The average molecular weight is 333 g/mol. The lowest BCUT2D eigenvalue weighted by Gasteiger charge is -2.36. The van der Waals surface area contributed by atoms with Gasteiger partial charge in [0.15, 0.2) is 8.32 Å². The summed E-state index contributed by atoms with van der Waals surface area (Å²) < 4.78 is 11.2. The van der Waals surface area contributed by atoms with Crippen molar-refractivity contribution >= 4 is 14.4 Å². The summed E-state index contributed by atoms with van der Waals surface area (Å²) in [4.78, 5) is 11.4. The van der Waals surface area contributed by atoms with Gasteiger partial charge in [-0.15, -0.1) is 0 Å². The van der Waals surface area contributed by atoms with Crippen LogP contribution in [0.4, 0.5) is 4.79 Å². The van der Waals surface area contributed by atoms with Crippen molar-refractivity contribution in [1.29, 1.82) is 0 Å². The van der Waals surface area contributed by atoms with Crippen LogP contribution in [-0.2, 0) is 9.16 Å². The fourth-order valence-corrected chi connectivity index (χ4v) is 2.48. The first-order valence-electron chi connectivity index (χ1n) is 8.17. The van der Waals surface area contributed by atoms with Gasteiger partial charge in [0.25, 0.3) is 0 Å². The minimum absolute atomic E-state index is 0.254. The van der Waals surface area contributed by atoms with Crippen LogP contribution < -0.4 is 10.6 Å². The molecule has 0 rings (SSSR count). The lowest BCUT2D eigenvalue weighted by atomic mass is 10.2. The molecule has 0 aliphatic heterocycles. The Morgan fingerprint density at radius 1 is 1.00 bits per heavy atom. The second-order valence-corrected chi connectivity index (χ2v) is 13.0. The molecule has 0 aliphatic carbocycles. The molecule has 0 bridgehead atoms. The zero-order valence-corrected chi connectivity index (χ0v) is 16.8. The van der Waals surface area contributed by atoms with E-state index in [-0.39, 0.29) is 11.1 Å². The van der Waals surface area contributed by atoms with Crippen molar-refractivity contribution in [1.82, 2.24) is 10.6 Å². The molecular weight excluding hydrogens is 296 g/mol. The summed E-state index contributed by atoms with van der Waals surface area (Å²) in [5.41, 5.74) is -0.441. The van der Waals surface area contributed by atoms with Crippen molar-refractivity contribution in [3.8, 4) is 0 Å². The van der Waals surface area contributed by atoms with Gasteiger partial charge >= 0.3 is 6.09 Å². The van der Waals surface area contributed by atoms with E-state index in [0.717, 1.165) is 26.1 Å². The van der Waals surface area contributed by atoms with Crippen molar-refractivity contribution < 1.29 is 14.0 Å². The minimum Gasteiger partial charge on any atom is -0.444 e. The van der Waals surface area contributed by atoms with E-state index in [2.05, 4.69) is 44.5 Å². The molecule has 0 unspecified atom stereocenters. The summed E-state index contributed by atoms with van der Waals surface area (Å²) in [5.74, 6) is 0. The number of hydrogen-bond donors (Lipinski definition) is 2. The van der Waals surface area contributed by atoms with Crippen molar-refractivity contribution in [2.24, 2.45) is 0 Å². The molecule has 0 aromatic carbocycles. The van der Waals surface area contributed by atoms with E-state index in [0.29, 0.717) is 6.54 Å². The van der Waals surface area contributed by atoms with Crippen molar-refractivity contribution in [3.05, 3.63) is 0 Å². The minimum atomic E-state index is -1.63. The summed E-state index contributed by atoms with van der Waals surface area (Å²) >= 11 is 0. The van der Waals surface area contributed by atoms with Crippen LogP contribution in [0.1, 0.15) is 48.0 Å². The Hall–Kier alpha value is -0.593. The molecule has 0 saturated carbocycles. The predicted octanol–water partition coefficient (Wildman–Crippen LogP) is 3.51. The SMILES string of the molecule is CC(C)(C)OC(=O)NCCCNCCO[Si](C)(C)C(C)(C)C. The third-order valence-electron chi connectivity index (χ3n) is 3.75. The quantitative estimate of drug-likeness (QED) is 0.527. The molecule has 22 heavy (non-hydrogen) atoms. The number of hydrogen-bond acceptors (Lipinski definition) is 4. The molecule has 0 spiro atoms. The first-order chi connectivity index (χ1) is 9.85. The molecular formula is C16H36N2O3Si. The van der Waals surface area contributed by atoms with E-state index in [4.69, 9.17) is 9.16 Å². The highest BCUT2D eigenvalue weighted by atomic mass is 28.4. The van der Waals surface area contributed by atoms with Gasteiger partial charge in [-0.25, -0.2) is 4.79 Å². The van der Waals surface area contributed by atoms with E-state index in [9.17, 15) is 4.79 Å². The topological polar surface area (TPSA) is 59.6 Å². The summed E-state index contributed by atoms with van der Waals surface area (Å²) in [6.45, 7) is 19.9. The smallest absolute Gasteiger partial charge is 0.407 e. The van der Waals surface area contributed by atoms with Crippen LogP contribution in [0.2, 0.25) is 18.1 Å². The highest BCUT2D eigenvalue weighted by Gasteiger charge is 2.36. The van der Waals surface area contributed by atoms with Crippen LogP contribution in [-0.4, -0.2) is 46.3 Å². The van der Waals surface area contributed by atoms with E-state index < -0.39 is 13.9 Å². The van der Waals surface area contributed by atoms with Gasteiger partial charge in [0.1, 0.15) is 5.60 Å². The number of amides is 1. The standard InChI is InChI=1S/C16H36N2O3Si/c1-15(2,3)21-14(19)18-11-9-10-17-12-13-20-22(7,8)16(4,5)6/h17H,9-13H2,1-8H3,(H,18,19). The Labute approximate surface area is 137 Å². The van der Waals surface area contributed by atoms with Crippen LogP contribution in [0.15, 0.2) is 0 Å². The number of rotatable bonds is 8. The first-order valence-corrected chi connectivity index (χ1v) is 11.1. The van der Waals surface area contributed by atoms with Crippen LogP contribution in [0.3, 0.4) is 0 Å². The van der Waals surface area contributed by atoms with Crippen LogP contribution in [0, 0.1) is 0 Å². The highest BCUT2D eigenvalue weighted by Crippen LogP contribution is 2.36. The number of carbonyl (C=O) groups excluding carboxylic acids is 1. The van der Waals surface area contributed by atoms with E-state index >= 15 is 0 Å². The van der Waals surface area contributed by atoms with Crippen LogP contribution >= 0.6 is 0 Å². The molecule has 0 saturated heterocycles. The number of alkyl carbamates (subject to hydrolysis) is 1. The molecule has 0 radical (unpaired) electrons. The van der Waals surface area contributed by atoms with E-state index in [1.807, 2.05) is 20.8 Å². The lowest BCUT2D eigenvalue weighted by Crippen LogP contribution is -2.42. The maximum absolute atomic E-state index is 11.4. The zero-order valence-electron chi connectivity index (χ0n) is 15.8. The second-order valence-electron chi connectivity index (χ2n) is 8.14. The first kappa shape index (κ1) is 21.4. The van der Waals surface area contributed by atoms with Gasteiger partial charge in [0, 0.05) is 19.7 Å². The fourth-order valence-electron chi connectivity index (χ4n) is 1.44. The van der Waals surface area contributed by atoms with Crippen molar-refractivity contribution in [3.63, 3.8) is 0 Å². The van der Waals surface area contributed by atoms with Gasteiger partial charge in [-0.05, 0) is 51.9 Å². The summed E-state index contributed by atoms with van der Waals surface area (Å²) in [7, 11) is -1.63. The largest absolute Gasteiger partial charge is 0.444 e. The van der Waals surface area contributed by atoms with Crippen LogP contribution in [0.25, 0.3) is 0 Å². The van der Waals surface area contributed by atoms with Gasteiger partial charge in [0.05, 0.1) is 0 Å². The summed E-state index contributed by atoms with van der Waals surface area (Å²) in [5, 5.41) is 6.34. The zero-order chi connectivity index (χ0) is 17.4. The molecule has 0 aliphatic rings. The van der Waals surface area contributed by atoms with Crippen molar-refractivity contribution in [2.75, 3.05) is 26.2 Å². The Morgan fingerprint density at radius 2 is 1.59 bits per heavy atom. The molecule has 0 heterocycles. The Bertz CT molecular complexity index is 333. The third kappa shape index (κ3) is 10.2. The Kier molecular flexibility index (Phi) is 8.65. The number of ether oxygens (including phenoxy) is 1. The third-order valence-corrected chi connectivity index (χ3v) is 8.28. The van der Waals surface area contributed by atoms with Gasteiger partial charge < -0.3 is 19.8 Å². The van der Waals surface area contributed by atoms with Gasteiger partial charge in [-0.2, -0.15) is 0 Å². The van der Waals surface area contributed by atoms with E-state index in [1.54, 1.807) is 0 Å². The molecule has 6 heteroatoms. The second kappa shape index (κ2) is 8.89. The van der Waals surface area contributed by atoms with Crippen molar-refractivity contribution in [2.45, 2.75) is 71.7 Å². The molecule has 0 atom stereocenters. The summed E-state index contributed by atoms with van der Waals surface area (Å²) in [6.07, 6.45) is 0.521. The predicted molar refractivity (Wildman–Crippen MR) is 94.9 cm³/mol. The maximum Gasteiger partial charge on any atom is 0.407 e. The lowest BCUT2D eigenvalue weighted by molar-refractivity contribution is 0.0527. The molecule has 1 amide bonds. The molecule has 5 nitrogen and oxygen atoms in total. The molecule has 2 N–H and O–H groups in total. The molecule has 0 aromatic heterocycles. The van der Waals surface area contributed by atoms with E-state index in [1.165, 1.54) is 0 Å². The number of carbonyl (C=O) groups is 1. The van der Waals surface area contributed by atoms with Gasteiger partial charge in [-0.3, -0.25) is 0 Å². The summed E-state index contributed by atoms with van der Waals surface area (Å²) in [6, 6.07) is 0. The average Bonchev–Trinajstić information content (AvgIpc) is 2.28. The van der Waals surface area contributed by atoms with Gasteiger partial charge in [-0.1, -0.05) is 20.8 Å². The fraction of sp³-hybridized carbons (Fsp3) is 0.938. The maximum atomic E-state index is 11.4. The molecule has 0 fully saturated rings. The Balaban J connectivity index is 3.58. The molecule has 0 aromatic rings. The molecule has 132 valence electrons. The monoisotopic (exact) mass is 332 g/mol. The number of nitrogens with one attached hydrogen (secondary N) is 2. The van der Waals surface area contributed by atoms with Crippen LogP contribution in [0.5, 0.6) is 0 Å². The Morgan fingerprint density at radius 3 is 2.09 bits per heavy atom.